The Balaban J connectivity index is 1.49. The van der Waals surface area contributed by atoms with E-state index >= 15 is 0 Å². The van der Waals surface area contributed by atoms with Gasteiger partial charge in [-0.2, -0.15) is 26.3 Å². The number of halogens is 6. The van der Waals surface area contributed by atoms with Gasteiger partial charge in [-0.1, -0.05) is 32.0 Å². The maximum absolute atomic E-state index is 13.8. The Bertz CT molecular complexity index is 2040. The molecule has 4 aromatic rings. The number of carboxylic acid groups (broad SMARTS) is 1. The summed E-state index contributed by atoms with van der Waals surface area (Å²) in [5.41, 5.74) is 3.07. The number of cyclic esters (lactones) is 1. The minimum Gasteiger partial charge on any atom is -0.478 e. The van der Waals surface area contributed by atoms with E-state index in [1.807, 2.05) is 71.0 Å². The molecule has 0 saturated carbocycles. The SMILES string of the molecule is Cc1cc(C(=O)O)ccc1-c1ccc(C)c(-c2cc(C(C)C)c(N(C)C)nc2[C@@H]2CC[C@H]3[C@@H](c4cc(C(F)(F)F)cc(C(F)(F)F)c4)OC(=O)N23)c1. The summed E-state index contributed by atoms with van der Waals surface area (Å²) in [6, 6.07) is 12.5. The quantitative estimate of drug-likeness (QED) is 0.191. The first-order chi connectivity index (χ1) is 24.3. The monoisotopic (exact) mass is 725 g/mol. The van der Waals surface area contributed by atoms with E-state index in [9.17, 15) is 41.0 Å². The summed E-state index contributed by atoms with van der Waals surface area (Å²) in [6.07, 6.45) is -11.7. The molecule has 3 atom stereocenters. The van der Waals surface area contributed by atoms with Crippen LogP contribution in [0, 0.1) is 13.8 Å². The van der Waals surface area contributed by atoms with Gasteiger partial charge in [0.1, 0.15) is 11.9 Å². The number of carboxylic acids is 1. The first-order valence-electron chi connectivity index (χ1n) is 16.7. The number of fused-ring (bicyclic) bond motifs is 1. The van der Waals surface area contributed by atoms with Crippen LogP contribution in [0.3, 0.4) is 0 Å². The van der Waals surface area contributed by atoms with Crippen LogP contribution in [0.15, 0.2) is 60.7 Å². The molecule has 2 aliphatic heterocycles. The summed E-state index contributed by atoms with van der Waals surface area (Å²) in [5.74, 6) is -0.348. The van der Waals surface area contributed by atoms with E-state index in [1.165, 1.54) is 11.0 Å². The fourth-order valence-corrected chi connectivity index (χ4v) is 7.33. The average molecular weight is 726 g/mol. The topological polar surface area (TPSA) is 83.0 Å². The van der Waals surface area contributed by atoms with Crippen molar-refractivity contribution in [3.05, 3.63) is 105 Å². The van der Waals surface area contributed by atoms with Crippen molar-refractivity contribution < 1.29 is 45.8 Å². The number of alkyl halides is 6. The average Bonchev–Trinajstić information content (AvgIpc) is 3.64. The number of carbonyl (C=O) groups excluding carboxylic acids is 1. The first kappa shape index (κ1) is 36.7. The summed E-state index contributed by atoms with van der Waals surface area (Å²) in [4.78, 5) is 33.6. The number of hydrogen-bond donors (Lipinski definition) is 1. The standard InChI is InChI=1S/C39H37F6N3O4/c1-19(2)28-18-30(29-16-22(8-7-20(29)3)27-10-9-23(36(49)50)13-21(27)4)33(46-35(28)47(5)6)31-11-12-32-34(52-37(51)48(31)32)24-14-25(38(40,41)42)17-26(15-24)39(43,44)45/h7-10,13-19,31-32,34H,11-12H2,1-6H3,(H,49,50)/t31-,32-,34+/m0/s1. The molecule has 7 nitrogen and oxygen atoms in total. The van der Waals surface area contributed by atoms with Crippen LogP contribution in [0.5, 0.6) is 0 Å². The van der Waals surface area contributed by atoms with Crippen LogP contribution in [0.4, 0.5) is 37.0 Å². The molecule has 2 saturated heterocycles. The van der Waals surface area contributed by atoms with E-state index < -0.39 is 53.7 Å². The van der Waals surface area contributed by atoms with Crippen LogP contribution < -0.4 is 4.90 Å². The fraction of sp³-hybridized carbons (Fsp3) is 0.359. The van der Waals surface area contributed by atoms with Gasteiger partial charge in [-0.25, -0.2) is 14.6 Å². The van der Waals surface area contributed by atoms with Gasteiger partial charge >= 0.3 is 24.4 Å². The third-order valence-corrected chi connectivity index (χ3v) is 9.89. The number of aromatic nitrogens is 1. The summed E-state index contributed by atoms with van der Waals surface area (Å²) in [7, 11) is 3.69. The zero-order chi connectivity index (χ0) is 38.0. The molecule has 0 radical (unpaired) electrons. The van der Waals surface area contributed by atoms with Gasteiger partial charge in [0.2, 0.25) is 0 Å². The summed E-state index contributed by atoms with van der Waals surface area (Å²) in [5, 5.41) is 9.48. The zero-order valence-corrected chi connectivity index (χ0v) is 29.3. The minimum atomic E-state index is -5.06. The van der Waals surface area contributed by atoms with Crippen molar-refractivity contribution in [2.45, 2.75) is 77.0 Å². The molecule has 2 fully saturated rings. The molecule has 274 valence electrons. The van der Waals surface area contributed by atoms with E-state index in [0.717, 1.165) is 33.4 Å². The maximum Gasteiger partial charge on any atom is 0.416 e. The Hall–Kier alpha value is -5.07. The van der Waals surface area contributed by atoms with Gasteiger partial charge in [0.25, 0.3) is 0 Å². The Labute approximate surface area is 296 Å². The largest absolute Gasteiger partial charge is 0.478 e. The van der Waals surface area contributed by atoms with Gasteiger partial charge in [0, 0.05) is 19.7 Å². The number of nitrogens with zero attached hydrogens (tertiary/aromatic N) is 3. The van der Waals surface area contributed by atoms with Gasteiger partial charge in [0.15, 0.2) is 0 Å². The lowest BCUT2D eigenvalue weighted by atomic mass is 9.88. The number of pyridine rings is 1. The Morgan fingerprint density at radius 3 is 2.08 bits per heavy atom. The number of ether oxygens (including phenoxy) is 1. The number of carbonyl (C=O) groups is 2. The minimum absolute atomic E-state index is 0.0354. The van der Waals surface area contributed by atoms with Gasteiger partial charge in [-0.3, -0.25) is 4.90 Å². The Kier molecular flexibility index (Phi) is 9.29. The number of amides is 1. The highest BCUT2D eigenvalue weighted by Crippen LogP contribution is 2.51. The van der Waals surface area contributed by atoms with Crippen LogP contribution in [0.2, 0.25) is 0 Å². The normalized spacial score (nSPS) is 18.9. The van der Waals surface area contributed by atoms with Crippen molar-refractivity contribution in [1.82, 2.24) is 9.88 Å². The second kappa shape index (κ2) is 13.2. The van der Waals surface area contributed by atoms with Crippen LogP contribution in [-0.4, -0.2) is 47.2 Å². The Morgan fingerprint density at radius 2 is 1.52 bits per heavy atom. The number of aryl methyl sites for hydroxylation is 2. The lowest BCUT2D eigenvalue weighted by molar-refractivity contribution is -0.143. The summed E-state index contributed by atoms with van der Waals surface area (Å²) >= 11 is 0. The van der Waals surface area contributed by atoms with Crippen LogP contribution >= 0.6 is 0 Å². The third-order valence-electron chi connectivity index (χ3n) is 9.89. The molecule has 0 spiro atoms. The van der Waals surface area contributed by atoms with Crippen molar-refractivity contribution >= 4 is 17.9 Å². The van der Waals surface area contributed by atoms with E-state index in [4.69, 9.17) is 9.72 Å². The number of hydrogen-bond acceptors (Lipinski definition) is 5. The predicted molar refractivity (Wildman–Crippen MR) is 183 cm³/mol. The predicted octanol–water partition coefficient (Wildman–Crippen LogP) is 10.4. The van der Waals surface area contributed by atoms with Crippen LogP contribution in [0.1, 0.15) is 94.2 Å². The van der Waals surface area contributed by atoms with E-state index in [-0.39, 0.29) is 29.5 Å². The molecule has 0 bridgehead atoms. The maximum atomic E-state index is 13.8. The van der Waals surface area contributed by atoms with Gasteiger partial charge in [-0.15, -0.1) is 0 Å². The second-order valence-electron chi connectivity index (χ2n) is 14.0. The molecule has 1 aromatic heterocycles. The number of rotatable bonds is 7. The molecule has 0 aliphatic carbocycles. The molecular weight excluding hydrogens is 688 g/mol. The molecule has 1 N–H and O–H groups in total. The van der Waals surface area contributed by atoms with Crippen molar-refractivity contribution in [2.75, 3.05) is 19.0 Å². The Morgan fingerprint density at radius 1 is 0.865 bits per heavy atom. The van der Waals surface area contributed by atoms with Crippen molar-refractivity contribution in [3.63, 3.8) is 0 Å². The molecule has 1 amide bonds. The number of benzene rings is 3. The highest BCUT2D eigenvalue weighted by molar-refractivity contribution is 5.89. The molecule has 13 heteroatoms. The molecule has 2 aliphatic rings. The second-order valence-corrected chi connectivity index (χ2v) is 14.0. The van der Waals surface area contributed by atoms with Crippen LogP contribution in [-0.2, 0) is 17.1 Å². The molecule has 0 unspecified atom stereocenters. The summed E-state index contributed by atoms with van der Waals surface area (Å²) in [6.45, 7) is 7.82. The highest BCUT2D eigenvalue weighted by atomic mass is 19.4. The highest BCUT2D eigenvalue weighted by Gasteiger charge is 2.52. The van der Waals surface area contributed by atoms with Crippen molar-refractivity contribution in [2.24, 2.45) is 0 Å². The van der Waals surface area contributed by atoms with E-state index in [2.05, 4.69) is 0 Å². The summed E-state index contributed by atoms with van der Waals surface area (Å²) < 4.78 is 88.2. The lowest BCUT2D eigenvalue weighted by Crippen LogP contribution is -2.31. The van der Waals surface area contributed by atoms with Crippen LogP contribution in [0.25, 0.3) is 22.3 Å². The molecular formula is C39H37F6N3O4. The molecule has 3 heterocycles. The molecule has 3 aromatic carbocycles. The third kappa shape index (κ3) is 6.68. The van der Waals surface area contributed by atoms with E-state index in [0.29, 0.717) is 35.6 Å². The number of aromatic carboxylic acids is 1. The van der Waals surface area contributed by atoms with E-state index in [1.54, 1.807) is 12.1 Å². The zero-order valence-electron chi connectivity index (χ0n) is 29.3. The fourth-order valence-electron chi connectivity index (χ4n) is 7.33. The van der Waals surface area contributed by atoms with Crippen molar-refractivity contribution in [1.29, 1.82) is 0 Å². The van der Waals surface area contributed by atoms with Gasteiger partial charge < -0.3 is 14.7 Å². The lowest BCUT2D eigenvalue weighted by Gasteiger charge is -2.28. The van der Waals surface area contributed by atoms with Gasteiger partial charge in [0.05, 0.1) is 34.5 Å². The van der Waals surface area contributed by atoms with Crippen molar-refractivity contribution in [3.8, 4) is 22.3 Å². The smallest absolute Gasteiger partial charge is 0.416 e. The first-order valence-corrected chi connectivity index (χ1v) is 16.7. The molecule has 52 heavy (non-hydrogen) atoms. The molecule has 6 rings (SSSR count). The number of anilines is 1. The van der Waals surface area contributed by atoms with Gasteiger partial charge in [-0.05, 0) is 114 Å².